The lowest BCUT2D eigenvalue weighted by atomic mass is 10.4. The number of aromatic nitrogens is 3. The van der Waals surface area contributed by atoms with Crippen LogP contribution in [0.25, 0.3) is 0 Å². The van der Waals surface area contributed by atoms with Crippen molar-refractivity contribution in [1.82, 2.24) is 15.0 Å². The lowest BCUT2D eigenvalue weighted by molar-refractivity contribution is -0.138. The van der Waals surface area contributed by atoms with E-state index in [2.05, 4.69) is 20.3 Å². The summed E-state index contributed by atoms with van der Waals surface area (Å²) in [6.07, 6.45) is 0. The first-order chi connectivity index (χ1) is 13.5. The maximum absolute atomic E-state index is 11.0. The molecule has 0 bridgehead atoms. The summed E-state index contributed by atoms with van der Waals surface area (Å²) in [6.45, 7) is -4.17. The maximum Gasteiger partial charge on any atom is 0.323 e. The van der Waals surface area contributed by atoms with E-state index in [4.69, 9.17) is 25.5 Å². The summed E-state index contributed by atoms with van der Waals surface area (Å²) in [4.78, 5) is 67.4. The summed E-state index contributed by atoms with van der Waals surface area (Å²) in [7, 11) is 0. The summed E-state index contributed by atoms with van der Waals surface area (Å²) in [5.74, 6) is -8.66. The standard InChI is InChI=1S/C13H16N6O10/c20-6(21)1-14-11-15-12(18(2-7(22)23)3-8(24)25)17-13(16-11)19(4-9(26)27)5-10(28)29/h1-5H2,(H,20,21)(H,22,23)(H,24,25)(H,26,27)(H,28,29)(H,14,15,16,17). The zero-order chi connectivity index (χ0) is 22.1. The number of carboxylic acids is 5. The molecular formula is C13H16N6O10. The van der Waals surface area contributed by atoms with E-state index in [1.807, 2.05) is 0 Å². The van der Waals surface area contributed by atoms with Gasteiger partial charge in [-0.3, -0.25) is 24.0 Å². The van der Waals surface area contributed by atoms with Crippen molar-refractivity contribution in [3.8, 4) is 0 Å². The molecule has 0 spiro atoms. The largest absolute Gasteiger partial charge is 0.480 e. The predicted molar refractivity (Wildman–Crippen MR) is 90.9 cm³/mol. The Morgan fingerprint density at radius 2 is 0.966 bits per heavy atom. The van der Waals surface area contributed by atoms with Gasteiger partial charge < -0.3 is 40.6 Å². The molecule has 0 radical (unpaired) electrons. The summed E-state index contributed by atoms with van der Waals surface area (Å²) in [5.41, 5.74) is 0. The van der Waals surface area contributed by atoms with Crippen molar-refractivity contribution < 1.29 is 49.5 Å². The summed E-state index contributed by atoms with van der Waals surface area (Å²) in [5, 5.41) is 46.8. The van der Waals surface area contributed by atoms with Crippen LogP contribution in [0.2, 0.25) is 0 Å². The molecule has 1 aromatic rings. The minimum Gasteiger partial charge on any atom is -0.480 e. The lowest BCUT2D eigenvalue weighted by Crippen LogP contribution is -2.38. The molecule has 16 heteroatoms. The topological polar surface area (TPSA) is 244 Å². The number of nitrogens with one attached hydrogen (secondary N) is 1. The van der Waals surface area contributed by atoms with Crippen molar-refractivity contribution in [3.63, 3.8) is 0 Å². The highest BCUT2D eigenvalue weighted by atomic mass is 16.4. The third kappa shape index (κ3) is 8.33. The van der Waals surface area contributed by atoms with Crippen molar-refractivity contribution in [2.24, 2.45) is 0 Å². The van der Waals surface area contributed by atoms with Crippen LogP contribution < -0.4 is 15.1 Å². The Labute approximate surface area is 161 Å². The number of carbonyl (C=O) groups is 5. The van der Waals surface area contributed by atoms with Gasteiger partial charge in [-0.15, -0.1) is 0 Å². The van der Waals surface area contributed by atoms with Gasteiger partial charge in [0.05, 0.1) is 0 Å². The fourth-order valence-electron chi connectivity index (χ4n) is 1.92. The van der Waals surface area contributed by atoms with Gasteiger partial charge >= 0.3 is 29.8 Å². The monoisotopic (exact) mass is 416 g/mol. The van der Waals surface area contributed by atoms with Crippen LogP contribution in [0.5, 0.6) is 0 Å². The van der Waals surface area contributed by atoms with E-state index in [-0.39, 0.29) is 0 Å². The Balaban J connectivity index is 3.46. The van der Waals surface area contributed by atoms with E-state index in [1.54, 1.807) is 0 Å². The van der Waals surface area contributed by atoms with Crippen molar-refractivity contribution in [1.29, 1.82) is 0 Å². The number of hydrogen-bond donors (Lipinski definition) is 6. The number of nitrogens with zero attached hydrogens (tertiary/aromatic N) is 5. The molecule has 0 saturated carbocycles. The second kappa shape index (κ2) is 10.2. The van der Waals surface area contributed by atoms with Gasteiger partial charge in [0.2, 0.25) is 17.8 Å². The Hall–Kier alpha value is -4.24. The predicted octanol–water partition coefficient (Wildman–Crippen LogP) is -2.68. The third-order valence-corrected chi connectivity index (χ3v) is 2.88. The highest BCUT2D eigenvalue weighted by molar-refractivity contribution is 5.80. The molecule has 1 aromatic heterocycles. The number of hydrogen-bond acceptors (Lipinski definition) is 11. The molecule has 6 N–H and O–H groups in total. The molecule has 0 aliphatic heterocycles. The minimum absolute atomic E-state index is 0.464. The third-order valence-electron chi connectivity index (χ3n) is 2.88. The number of anilines is 3. The normalized spacial score (nSPS) is 10.1. The number of rotatable bonds is 13. The second-order valence-electron chi connectivity index (χ2n) is 5.29. The Morgan fingerprint density at radius 1 is 0.621 bits per heavy atom. The highest BCUT2D eigenvalue weighted by Crippen LogP contribution is 2.17. The van der Waals surface area contributed by atoms with Crippen LogP contribution >= 0.6 is 0 Å². The van der Waals surface area contributed by atoms with E-state index < -0.39 is 80.4 Å². The summed E-state index contributed by atoms with van der Waals surface area (Å²) >= 11 is 0. The molecule has 0 aliphatic carbocycles. The van der Waals surface area contributed by atoms with E-state index >= 15 is 0 Å². The Morgan fingerprint density at radius 3 is 1.24 bits per heavy atom. The first-order valence-electron chi connectivity index (χ1n) is 7.56. The summed E-state index contributed by atoms with van der Waals surface area (Å²) in [6, 6.07) is 0. The van der Waals surface area contributed by atoms with Crippen molar-refractivity contribution in [3.05, 3.63) is 0 Å². The first kappa shape index (κ1) is 22.8. The molecule has 0 amide bonds. The SMILES string of the molecule is O=C(O)CNc1nc(N(CC(=O)O)CC(=O)O)nc(N(CC(=O)O)CC(=O)O)n1. The van der Waals surface area contributed by atoms with Gasteiger partial charge in [0.25, 0.3) is 0 Å². The highest BCUT2D eigenvalue weighted by Gasteiger charge is 2.23. The summed E-state index contributed by atoms with van der Waals surface area (Å²) < 4.78 is 0. The van der Waals surface area contributed by atoms with E-state index in [0.29, 0.717) is 9.80 Å². The van der Waals surface area contributed by atoms with Crippen LogP contribution in [0.3, 0.4) is 0 Å². The molecule has 29 heavy (non-hydrogen) atoms. The van der Waals surface area contributed by atoms with E-state index in [9.17, 15) is 24.0 Å². The molecule has 0 fully saturated rings. The van der Waals surface area contributed by atoms with Crippen LogP contribution in [-0.2, 0) is 24.0 Å². The molecule has 1 rings (SSSR count). The smallest absolute Gasteiger partial charge is 0.323 e. The lowest BCUT2D eigenvalue weighted by Gasteiger charge is -2.23. The average Bonchev–Trinajstić information content (AvgIpc) is 2.57. The van der Waals surface area contributed by atoms with Gasteiger partial charge in [0.1, 0.15) is 32.7 Å². The minimum atomic E-state index is -1.44. The van der Waals surface area contributed by atoms with Crippen LogP contribution in [0.1, 0.15) is 0 Å². The molecule has 0 atom stereocenters. The molecule has 0 saturated heterocycles. The van der Waals surface area contributed by atoms with Crippen LogP contribution in [0.15, 0.2) is 0 Å². The quantitative estimate of drug-likeness (QED) is 0.192. The van der Waals surface area contributed by atoms with Gasteiger partial charge in [-0.2, -0.15) is 15.0 Å². The van der Waals surface area contributed by atoms with E-state index in [1.165, 1.54) is 0 Å². The maximum atomic E-state index is 11.0. The Kier molecular flexibility index (Phi) is 8.01. The van der Waals surface area contributed by atoms with Crippen molar-refractivity contribution in [2.45, 2.75) is 0 Å². The van der Waals surface area contributed by atoms with Gasteiger partial charge in [-0.05, 0) is 0 Å². The van der Waals surface area contributed by atoms with Crippen LogP contribution in [0.4, 0.5) is 17.8 Å². The van der Waals surface area contributed by atoms with Gasteiger partial charge in [-0.25, -0.2) is 0 Å². The van der Waals surface area contributed by atoms with E-state index in [0.717, 1.165) is 0 Å². The molecule has 16 nitrogen and oxygen atoms in total. The fourth-order valence-corrected chi connectivity index (χ4v) is 1.92. The van der Waals surface area contributed by atoms with Gasteiger partial charge in [0, 0.05) is 0 Å². The molecule has 0 unspecified atom stereocenters. The van der Waals surface area contributed by atoms with Crippen LogP contribution in [0, 0.1) is 0 Å². The first-order valence-corrected chi connectivity index (χ1v) is 7.56. The van der Waals surface area contributed by atoms with Crippen molar-refractivity contribution in [2.75, 3.05) is 47.8 Å². The molecule has 158 valence electrons. The number of aliphatic carboxylic acids is 5. The second-order valence-corrected chi connectivity index (χ2v) is 5.29. The molecule has 1 heterocycles. The zero-order valence-corrected chi connectivity index (χ0v) is 14.5. The Bertz CT molecular complexity index is 729. The average molecular weight is 416 g/mol. The van der Waals surface area contributed by atoms with Gasteiger partial charge in [-0.1, -0.05) is 0 Å². The van der Waals surface area contributed by atoms with Gasteiger partial charge in [0.15, 0.2) is 0 Å². The molecule has 0 aromatic carbocycles. The molecular weight excluding hydrogens is 400 g/mol. The van der Waals surface area contributed by atoms with Crippen molar-refractivity contribution >= 4 is 47.7 Å². The number of carboxylic acid groups (broad SMARTS) is 5. The molecule has 0 aliphatic rings. The van der Waals surface area contributed by atoms with Crippen LogP contribution in [-0.4, -0.2) is 103 Å². The zero-order valence-electron chi connectivity index (χ0n) is 14.5. The fraction of sp³-hybridized carbons (Fsp3) is 0.385.